The number of rotatable bonds is 6. The molecular weight excluding hydrogens is 394 g/mol. The Bertz CT molecular complexity index is 1120. The Labute approximate surface area is 180 Å². The average Bonchev–Trinajstić information content (AvgIpc) is 3.04. The summed E-state index contributed by atoms with van der Waals surface area (Å²) in [4.78, 5) is 32.6. The van der Waals surface area contributed by atoms with Gasteiger partial charge in [-0.3, -0.25) is 14.5 Å². The fourth-order valence-electron chi connectivity index (χ4n) is 3.67. The summed E-state index contributed by atoms with van der Waals surface area (Å²) in [6.07, 6.45) is 5.50. The van der Waals surface area contributed by atoms with Gasteiger partial charge in [0.15, 0.2) is 11.5 Å². The van der Waals surface area contributed by atoms with Crippen molar-refractivity contribution in [2.45, 2.75) is 19.0 Å². The van der Waals surface area contributed by atoms with Crippen molar-refractivity contribution in [3.05, 3.63) is 83.6 Å². The molecule has 2 heterocycles. The number of carbonyl (C=O) groups excluding carboxylic acids is 2. The van der Waals surface area contributed by atoms with Crippen molar-refractivity contribution in [3.8, 4) is 11.5 Å². The van der Waals surface area contributed by atoms with Crippen molar-refractivity contribution in [1.29, 1.82) is 0 Å². The number of amidine groups is 1. The predicted molar refractivity (Wildman–Crippen MR) is 117 cm³/mol. The normalized spacial score (nSPS) is 19.5. The molecule has 0 radical (unpaired) electrons. The van der Waals surface area contributed by atoms with E-state index >= 15 is 0 Å². The SMILES string of the molecule is COc1ccc(CC2(NC(=O)c3ccccc3)N=C3C=C(C)C=CN3C2=O)cc1OC. The maximum Gasteiger partial charge on any atom is 0.281 e. The van der Waals surface area contributed by atoms with Crippen LogP contribution < -0.4 is 14.8 Å². The number of hydrogen-bond donors (Lipinski definition) is 1. The average molecular weight is 417 g/mol. The maximum atomic E-state index is 13.5. The van der Waals surface area contributed by atoms with Crippen LogP contribution in [0.4, 0.5) is 0 Å². The van der Waals surface area contributed by atoms with Gasteiger partial charge in [-0.05, 0) is 54.5 Å². The third-order valence-electron chi connectivity index (χ3n) is 5.23. The van der Waals surface area contributed by atoms with E-state index in [0.29, 0.717) is 22.9 Å². The molecule has 2 aromatic carbocycles. The highest BCUT2D eigenvalue weighted by atomic mass is 16.5. The van der Waals surface area contributed by atoms with Gasteiger partial charge in [0.1, 0.15) is 5.84 Å². The van der Waals surface area contributed by atoms with Crippen molar-refractivity contribution in [2.24, 2.45) is 4.99 Å². The standard InChI is InChI=1S/C24H23N3O4/c1-16-11-12-27-21(13-16)25-24(23(27)29,26-22(28)18-7-5-4-6-8-18)15-17-9-10-19(30-2)20(14-17)31-3/h4-14H,15H2,1-3H3,(H,26,28). The van der Waals surface area contributed by atoms with E-state index in [1.54, 1.807) is 56.8 Å². The lowest BCUT2D eigenvalue weighted by Crippen LogP contribution is -2.55. The number of nitrogens with one attached hydrogen (secondary N) is 1. The minimum atomic E-state index is -1.48. The second kappa shape index (κ2) is 8.10. The van der Waals surface area contributed by atoms with Gasteiger partial charge in [0.05, 0.1) is 14.2 Å². The van der Waals surface area contributed by atoms with Gasteiger partial charge in [-0.1, -0.05) is 24.3 Å². The minimum absolute atomic E-state index is 0.158. The molecular formula is C24H23N3O4. The largest absolute Gasteiger partial charge is 0.493 e. The molecule has 31 heavy (non-hydrogen) atoms. The summed E-state index contributed by atoms with van der Waals surface area (Å²) in [5.41, 5.74) is 0.717. The molecule has 1 atom stereocenters. The molecule has 0 aliphatic carbocycles. The van der Waals surface area contributed by atoms with Crippen LogP contribution in [0.3, 0.4) is 0 Å². The van der Waals surface area contributed by atoms with Gasteiger partial charge in [0.2, 0.25) is 5.66 Å². The number of allylic oxidation sites excluding steroid dienone is 2. The molecule has 158 valence electrons. The third-order valence-corrected chi connectivity index (χ3v) is 5.23. The zero-order valence-electron chi connectivity index (χ0n) is 17.6. The molecule has 0 fully saturated rings. The summed E-state index contributed by atoms with van der Waals surface area (Å²) in [5, 5.41) is 2.89. The Morgan fingerprint density at radius 3 is 2.55 bits per heavy atom. The maximum absolute atomic E-state index is 13.5. The summed E-state index contributed by atoms with van der Waals surface area (Å²) in [6.45, 7) is 1.93. The van der Waals surface area contributed by atoms with Gasteiger partial charge in [0, 0.05) is 18.2 Å². The number of ether oxygens (including phenoxy) is 2. The molecule has 0 spiro atoms. The Morgan fingerprint density at radius 2 is 1.84 bits per heavy atom. The number of aliphatic imine (C=N–C) groups is 1. The minimum Gasteiger partial charge on any atom is -0.493 e. The first-order valence-electron chi connectivity index (χ1n) is 9.84. The summed E-state index contributed by atoms with van der Waals surface area (Å²) < 4.78 is 10.7. The Hall–Kier alpha value is -3.87. The fraction of sp³-hybridized carbons (Fsp3) is 0.208. The van der Waals surface area contributed by atoms with E-state index in [-0.39, 0.29) is 18.2 Å². The van der Waals surface area contributed by atoms with E-state index in [1.165, 1.54) is 4.90 Å². The molecule has 0 bridgehead atoms. The molecule has 0 saturated heterocycles. The van der Waals surface area contributed by atoms with Gasteiger partial charge < -0.3 is 14.8 Å². The molecule has 2 aliphatic heterocycles. The van der Waals surface area contributed by atoms with Crippen molar-refractivity contribution >= 4 is 17.6 Å². The number of fused-ring (bicyclic) bond motifs is 1. The van der Waals surface area contributed by atoms with Crippen LogP contribution in [0.15, 0.2) is 77.4 Å². The van der Waals surface area contributed by atoms with Crippen LogP contribution in [0.5, 0.6) is 11.5 Å². The van der Waals surface area contributed by atoms with Crippen molar-refractivity contribution in [1.82, 2.24) is 10.2 Å². The molecule has 1 unspecified atom stereocenters. The van der Waals surface area contributed by atoms with E-state index in [1.807, 2.05) is 31.2 Å². The van der Waals surface area contributed by atoms with Gasteiger partial charge in [-0.2, -0.15) is 0 Å². The van der Waals surface area contributed by atoms with Crippen molar-refractivity contribution in [2.75, 3.05) is 14.2 Å². The van der Waals surface area contributed by atoms with Crippen LogP contribution in [-0.2, 0) is 11.2 Å². The number of nitrogens with zero attached hydrogens (tertiary/aromatic N) is 2. The van der Waals surface area contributed by atoms with Crippen LogP contribution in [0.1, 0.15) is 22.8 Å². The lowest BCUT2D eigenvalue weighted by Gasteiger charge is -2.27. The number of hydrogen-bond acceptors (Lipinski definition) is 5. The molecule has 0 saturated carbocycles. The van der Waals surface area contributed by atoms with E-state index in [9.17, 15) is 9.59 Å². The zero-order valence-corrected chi connectivity index (χ0v) is 17.6. The second-order valence-electron chi connectivity index (χ2n) is 7.40. The van der Waals surface area contributed by atoms with Crippen molar-refractivity contribution < 1.29 is 19.1 Å². The van der Waals surface area contributed by atoms with Gasteiger partial charge in [0.25, 0.3) is 11.8 Å². The molecule has 2 aromatic rings. The Kier molecular flexibility index (Phi) is 5.33. The summed E-state index contributed by atoms with van der Waals surface area (Å²) in [6, 6.07) is 14.2. The highest BCUT2D eigenvalue weighted by Crippen LogP contribution is 2.33. The van der Waals surface area contributed by atoms with Crippen LogP contribution >= 0.6 is 0 Å². The molecule has 7 nitrogen and oxygen atoms in total. The van der Waals surface area contributed by atoms with Gasteiger partial charge in [-0.25, -0.2) is 4.99 Å². The molecule has 1 N–H and O–H groups in total. The third kappa shape index (κ3) is 3.82. The molecule has 4 rings (SSSR count). The van der Waals surface area contributed by atoms with E-state index < -0.39 is 5.66 Å². The predicted octanol–water partition coefficient (Wildman–Crippen LogP) is 3.09. The summed E-state index contributed by atoms with van der Waals surface area (Å²) in [7, 11) is 3.11. The lowest BCUT2D eigenvalue weighted by molar-refractivity contribution is -0.130. The highest BCUT2D eigenvalue weighted by molar-refractivity contribution is 6.15. The monoisotopic (exact) mass is 417 g/mol. The summed E-state index contributed by atoms with van der Waals surface area (Å²) >= 11 is 0. The van der Waals surface area contributed by atoms with E-state index in [2.05, 4.69) is 5.32 Å². The molecule has 0 aromatic heterocycles. The van der Waals surface area contributed by atoms with Crippen LogP contribution in [0.2, 0.25) is 0 Å². The van der Waals surface area contributed by atoms with Crippen LogP contribution in [-0.4, -0.2) is 42.4 Å². The number of amides is 2. The fourth-order valence-corrected chi connectivity index (χ4v) is 3.67. The number of methoxy groups -OCH3 is 2. The second-order valence-corrected chi connectivity index (χ2v) is 7.40. The number of carbonyl (C=O) groups is 2. The molecule has 2 aliphatic rings. The van der Waals surface area contributed by atoms with Crippen LogP contribution in [0, 0.1) is 0 Å². The molecule has 2 amide bonds. The topological polar surface area (TPSA) is 80.2 Å². The smallest absolute Gasteiger partial charge is 0.281 e. The first-order valence-corrected chi connectivity index (χ1v) is 9.84. The van der Waals surface area contributed by atoms with Gasteiger partial charge in [-0.15, -0.1) is 0 Å². The Balaban J connectivity index is 1.74. The quantitative estimate of drug-likeness (QED) is 0.783. The zero-order chi connectivity index (χ0) is 22.0. The first kappa shape index (κ1) is 20.4. The van der Waals surface area contributed by atoms with E-state index in [0.717, 1.165) is 11.1 Å². The van der Waals surface area contributed by atoms with Gasteiger partial charge >= 0.3 is 0 Å². The lowest BCUT2D eigenvalue weighted by atomic mass is 9.98. The van der Waals surface area contributed by atoms with Crippen molar-refractivity contribution in [3.63, 3.8) is 0 Å². The Morgan fingerprint density at radius 1 is 1.10 bits per heavy atom. The first-order chi connectivity index (χ1) is 15.0. The summed E-state index contributed by atoms with van der Waals surface area (Å²) in [5.74, 6) is 0.927. The van der Waals surface area contributed by atoms with Crippen LogP contribution in [0.25, 0.3) is 0 Å². The number of benzene rings is 2. The molecule has 7 heteroatoms. The highest BCUT2D eigenvalue weighted by Gasteiger charge is 2.49. The van der Waals surface area contributed by atoms with E-state index in [4.69, 9.17) is 14.5 Å².